The number of hydrogen-bond acceptors (Lipinski definition) is 5. The molecule has 1 saturated carbocycles. The number of amides is 1. The zero-order valence-corrected chi connectivity index (χ0v) is 16.5. The highest BCUT2D eigenvalue weighted by Gasteiger charge is 2.27. The van der Waals surface area contributed by atoms with E-state index in [2.05, 4.69) is 32.3 Å². The summed E-state index contributed by atoms with van der Waals surface area (Å²) in [5, 5.41) is 13.2. The van der Waals surface area contributed by atoms with Gasteiger partial charge < -0.3 is 9.80 Å². The van der Waals surface area contributed by atoms with E-state index in [0.29, 0.717) is 24.6 Å². The summed E-state index contributed by atoms with van der Waals surface area (Å²) in [7, 11) is 0. The lowest BCUT2D eigenvalue weighted by molar-refractivity contribution is 0.0745. The Labute approximate surface area is 170 Å². The number of rotatable bonds is 4. The molecule has 0 bridgehead atoms. The van der Waals surface area contributed by atoms with Crippen LogP contribution in [0.15, 0.2) is 48.7 Å². The van der Waals surface area contributed by atoms with Crippen LogP contribution in [0.1, 0.15) is 40.5 Å². The second kappa shape index (κ2) is 7.31. The summed E-state index contributed by atoms with van der Waals surface area (Å²) in [6.45, 7) is 4.80. The molecule has 1 amide bonds. The predicted molar refractivity (Wildman–Crippen MR) is 110 cm³/mol. The molecule has 3 heterocycles. The lowest BCUT2D eigenvalue weighted by atomic mass is 10.2. The molecule has 1 aliphatic carbocycles. The van der Waals surface area contributed by atoms with E-state index in [4.69, 9.17) is 0 Å². The first-order valence-electron chi connectivity index (χ1n) is 10.2. The minimum Gasteiger partial charge on any atom is -0.352 e. The Kier molecular flexibility index (Phi) is 4.50. The van der Waals surface area contributed by atoms with Gasteiger partial charge in [0, 0.05) is 32.1 Å². The van der Waals surface area contributed by atoms with E-state index in [0.717, 1.165) is 36.0 Å². The molecule has 3 aromatic rings. The molecule has 5 rings (SSSR count). The molecule has 29 heavy (non-hydrogen) atoms. The highest BCUT2D eigenvalue weighted by molar-refractivity contribution is 5.95. The van der Waals surface area contributed by atoms with Gasteiger partial charge in [0.15, 0.2) is 5.82 Å². The van der Waals surface area contributed by atoms with Gasteiger partial charge in [0.05, 0.1) is 28.8 Å². The van der Waals surface area contributed by atoms with E-state index < -0.39 is 0 Å². The van der Waals surface area contributed by atoms with Gasteiger partial charge in [-0.05, 0) is 44.0 Å². The van der Waals surface area contributed by atoms with Crippen LogP contribution in [0.25, 0.3) is 5.69 Å². The molecule has 1 aliphatic heterocycles. The molecule has 148 valence electrons. The van der Waals surface area contributed by atoms with Crippen molar-refractivity contribution in [1.82, 2.24) is 24.9 Å². The number of nitrogens with zero attached hydrogens (tertiary/aromatic N) is 6. The Hall–Kier alpha value is -3.22. The minimum atomic E-state index is 0.0412. The van der Waals surface area contributed by atoms with Gasteiger partial charge in [0.25, 0.3) is 5.91 Å². The second-order valence-corrected chi connectivity index (χ2v) is 7.76. The largest absolute Gasteiger partial charge is 0.352 e. The van der Waals surface area contributed by atoms with Gasteiger partial charge in [-0.25, -0.2) is 4.68 Å². The third kappa shape index (κ3) is 3.48. The predicted octanol–water partition coefficient (Wildman–Crippen LogP) is 2.81. The number of carbonyl (C=O) groups is 1. The van der Waals surface area contributed by atoms with E-state index >= 15 is 0 Å². The molecule has 0 N–H and O–H groups in total. The maximum Gasteiger partial charge on any atom is 0.257 e. The Morgan fingerprint density at radius 3 is 2.38 bits per heavy atom. The molecule has 1 saturated heterocycles. The van der Waals surface area contributed by atoms with E-state index in [1.54, 1.807) is 6.20 Å². The van der Waals surface area contributed by atoms with Crippen molar-refractivity contribution in [3.8, 4) is 5.69 Å². The molecular weight excluding hydrogens is 364 g/mol. The summed E-state index contributed by atoms with van der Waals surface area (Å²) in [6, 6.07) is 14.0. The molecule has 0 unspecified atom stereocenters. The van der Waals surface area contributed by atoms with Crippen molar-refractivity contribution in [2.24, 2.45) is 0 Å². The lowest BCUT2D eigenvalue weighted by Gasteiger charge is -2.35. The van der Waals surface area contributed by atoms with Crippen LogP contribution in [0.2, 0.25) is 0 Å². The van der Waals surface area contributed by atoms with Crippen molar-refractivity contribution < 1.29 is 4.79 Å². The van der Waals surface area contributed by atoms with Crippen LogP contribution in [0.5, 0.6) is 0 Å². The van der Waals surface area contributed by atoms with Crippen LogP contribution < -0.4 is 4.90 Å². The fourth-order valence-electron chi connectivity index (χ4n) is 3.86. The SMILES string of the molecule is Cc1c(C(=O)N2CCN(c3ccc(C4CC4)nn3)CC2)cnn1-c1ccccc1. The van der Waals surface area contributed by atoms with Gasteiger partial charge in [-0.2, -0.15) is 10.2 Å². The number of piperazine rings is 1. The van der Waals surface area contributed by atoms with Crippen LogP contribution >= 0.6 is 0 Å². The zero-order chi connectivity index (χ0) is 19.8. The lowest BCUT2D eigenvalue weighted by Crippen LogP contribution is -2.49. The van der Waals surface area contributed by atoms with E-state index in [1.807, 2.05) is 46.8 Å². The highest BCUT2D eigenvalue weighted by Crippen LogP contribution is 2.38. The van der Waals surface area contributed by atoms with E-state index in [1.165, 1.54) is 12.8 Å². The Balaban J connectivity index is 1.25. The molecule has 0 atom stereocenters. The van der Waals surface area contributed by atoms with Gasteiger partial charge in [0.2, 0.25) is 0 Å². The first kappa shape index (κ1) is 17.8. The molecule has 7 heteroatoms. The minimum absolute atomic E-state index is 0.0412. The molecule has 2 aromatic heterocycles. The standard InChI is InChI=1S/C22H24N6O/c1-16-19(15-23-28(16)18-5-3-2-4-6-18)22(29)27-13-11-26(12-14-27)21-10-9-20(24-25-21)17-7-8-17/h2-6,9-10,15,17H,7-8,11-14H2,1H3. The van der Waals surface area contributed by atoms with Gasteiger partial charge in [-0.3, -0.25) is 4.79 Å². The zero-order valence-electron chi connectivity index (χ0n) is 16.5. The average molecular weight is 388 g/mol. The van der Waals surface area contributed by atoms with Crippen molar-refractivity contribution in [3.63, 3.8) is 0 Å². The summed E-state index contributed by atoms with van der Waals surface area (Å²) in [4.78, 5) is 17.2. The summed E-state index contributed by atoms with van der Waals surface area (Å²) >= 11 is 0. The number of anilines is 1. The van der Waals surface area contributed by atoms with Crippen molar-refractivity contribution >= 4 is 11.7 Å². The van der Waals surface area contributed by atoms with Gasteiger partial charge in [-0.15, -0.1) is 5.10 Å². The van der Waals surface area contributed by atoms with Gasteiger partial charge in [-0.1, -0.05) is 18.2 Å². The third-order valence-electron chi connectivity index (χ3n) is 5.80. The van der Waals surface area contributed by atoms with Crippen LogP contribution in [-0.2, 0) is 0 Å². The summed E-state index contributed by atoms with van der Waals surface area (Å²) in [5.41, 5.74) is 3.59. The van der Waals surface area contributed by atoms with E-state index in [9.17, 15) is 4.79 Å². The molecule has 2 fully saturated rings. The maximum atomic E-state index is 13.1. The highest BCUT2D eigenvalue weighted by atomic mass is 16.2. The first-order chi connectivity index (χ1) is 14.2. The van der Waals surface area contributed by atoms with Crippen LogP contribution in [0, 0.1) is 6.92 Å². The summed E-state index contributed by atoms with van der Waals surface area (Å²) in [6.07, 6.45) is 4.14. The number of aromatic nitrogens is 4. The average Bonchev–Trinajstić information content (AvgIpc) is 3.56. The van der Waals surface area contributed by atoms with Gasteiger partial charge >= 0.3 is 0 Å². The van der Waals surface area contributed by atoms with E-state index in [-0.39, 0.29) is 5.91 Å². The first-order valence-corrected chi connectivity index (χ1v) is 10.2. The van der Waals surface area contributed by atoms with Crippen molar-refractivity contribution in [1.29, 1.82) is 0 Å². The molecule has 0 spiro atoms. The third-order valence-corrected chi connectivity index (χ3v) is 5.80. The second-order valence-electron chi connectivity index (χ2n) is 7.76. The smallest absolute Gasteiger partial charge is 0.257 e. The Morgan fingerprint density at radius 1 is 0.966 bits per heavy atom. The quantitative estimate of drug-likeness (QED) is 0.688. The topological polar surface area (TPSA) is 67.2 Å². The van der Waals surface area contributed by atoms with Crippen LogP contribution in [0.4, 0.5) is 5.82 Å². The molecule has 7 nitrogen and oxygen atoms in total. The summed E-state index contributed by atoms with van der Waals surface area (Å²) in [5.74, 6) is 1.56. The maximum absolute atomic E-state index is 13.1. The monoisotopic (exact) mass is 388 g/mol. The fourth-order valence-corrected chi connectivity index (χ4v) is 3.86. The number of hydrogen-bond donors (Lipinski definition) is 0. The molecule has 2 aliphatic rings. The molecular formula is C22H24N6O. The summed E-state index contributed by atoms with van der Waals surface area (Å²) < 4.78 is 1.82. The van der Waals surface area contributed by atoms with Crippen LogP contribution in [-0.4, -0.2) is 57.0 Å². The van der Waals surface area contributed by atoms with Crippen molar-refractivity contribution in [2.75, 3.05) is 31.1 Å². The normalized spacial score (nSPS) is 16.9. The number of para-hydroxylation sites is 1. The Morgan fingerprint density at radius 2 is 1.72 bits per heavy atom. The Bertz CT molecular complexity index is 1000. The molecule has 0 radical (unpaired) electrons. The number of benzene rings is 1. The van der Waals surface area contributed by atoms with Gasteiger partial charge in [0.1, 0.15) is 0 Å². The number of carbonyl (C=O) groups excluding carboxylic acids is 1. The molecule has 1 aromatic carbocycles. The van der Waals surface area contributed by atoms with Crippen LogP contribution in [0.3, 0.4) is 0 Å². The van der Waals surface area contributed by atoms with Crippen molar-refractivity contribution in [2.45, 2.75) is 25.7 Å². The van der Waals surface area contributed by atoms with Crippen molar-refractivity contribution in [3.05, 3.63) is 65.6 Å². The fraction of sp³-hybridized carbons (Fsp3) is 0.364.